The average molecular weight is 439 g/mol. The van der Waals surface area contributed by atoms with Crippen LogP contribution in [0, 0.1) is 6.92 Å². The first-order valence-corrected chi connectivity index (χ1v) is 10.4. The normalized spacial score (nSPS) is 17.2. The van der Waals surface area contributed by atoms with Crippen LogP contribution >= 0.6 is 0 Å². The molecule has 32 heavy (non-hydrogen) atoms. The van der Waals surface area contributed by atoms with Crippen molar-refractivity contribution < 1.29 is 28.3 Å². The zero-order valence-electron chi connectivity index (χ0n) is 18.2. The number of furan rings is 1. The summed E-state index contributed by atoms with van der Waals surface area (Å²) in [4.78, 5) is 53.1. The monoisotopic (exact) mass is 439 g/mol. The molecular weight excluding hydrogens is 414 g/mol. The molecule has 0 bridgehead atoms. The number of esters is 1. The summed E-state index contributed by atoms with van der Waals surface area (Å²) in [6, 6.07) is 7.98. The zero-order valence-corrected chi connectivity index (χ0v) is 18.2. The predicted molar refractivity (Wildman–Crippen MR) is 113 cm³/mol. The maximum Gasteiger partial charge on any atom is 0.341 e. The molecule has 2 aliphatic rings. The van der Waals surface area contributed by atoms with E-state index >= 15 is 0 Å². The van der Waals surface area contributed by atoms with E-state index in [-0.39, 0.29) is 36.9 Å². The van der Waals surface area contributed by atoms with E-state index < -0.39 is 12.0 Å². The summed E-state index contributed by atoms with van der Waals surface area (Å²) in [7, 11) is 2.86. The van der Waals surface area contributed by atoms with Crippen molar-refractivity contribution in [1.82, 2.24) is 15.1 Å². The number of nitrogens with zero attached hydrogens (tertiary/aromatic N) is 2. The van der Waals surface area contributed by atoms with Gasteiger partial charge in [-0.05, 0) is 37.5 Å². The molecule has 1 fully saturated rings. The van der Waals surface area contributed by atoms with Crippen molar-refractivity contribution in [3.63, 3.8) is 0 Å². The second kappa shape index (κ2) is 8.49. The minimum Gasteiger partial charge on any atom is -0.465 e. The fourth-order valence-corrected chi connectivity index (χ4v) is 3.98. The Balaban J connectivity index is 1.39. The van der Waals surface area contributed by atoms with E-state index in [0.717, 1.165) is 12.8 Å². The number of rotatable bonds is 7. The van der Waals surface area contributed by atoms with Crippen molar-refractivity contribution in [3.8, 4) is 0 Å². The molecule has 4 rings (SSSR count). The van der Waals surface area contributed by atoms with Crippen LogP contribution in [0.1, 0.15) is 56.7 Å². The number of carbonyl (C=O) groups is 4. The second-order valence-electron chi connectivity index (χ2n) is 8.08. The third-order valence-corrected chi connectivity index (χ3v) is 5.79. The quantitative estimate of drug-likeness (QED) is 0.659. The number of hydrogen-bond donors (Lipinski definition) is 1. The summed E-state index contributed by atoms with van der Waals surface area (Å²) >= 11 is 0. The molecule has 1 aromatic heterocycles. The third kappa shape index (κ3) is 3.98. The van der Waals surface area contributed by atoms with Gasteiger partial charge in [-0.15, -0.1) is 0 Å². The molecule has 1 saturated carbocycles. The summed E-state index contributed by atoms with van der Waals surface area (Å²) in [6.07, 6.45) is 1.75. The van der Waals surface area contributed by atoms with Crippen molar-refractivity contribution in [2.75, 3.05) is 20.7 Å². The van der Waals surface area contributed by atoms with E-state index in [9.17, 15) is 19.2 Å². The molecule has 168 valence electrons. The Morgan fingerprint density at radius 3 is 2.66 bits per heavy atom. The van der Waals surface area contributed by atoms with Gasteiger partial charge in [-0.3, -0.25) is 14.4 Å². The van der Waals surface area contributed by atoms with Gasteiger partial charge in [0.25, 0.3) is 5.91 Å². The average Bonchev–Trinajstić information content (AvgIpc) is 3.49. The van der Waals surface area contributed by atoms with Gasteiger partial charge in [0.15, 0.2) is 0 Å². The highest BCUT2D eigenvalue weighted by Gasteiger charge is 2.47. The molecule has 1 N–H and O–H groups in total. The molecule has 9 heteroatoms. The highest BCUT2D eigenvalue weighted by molar-refractivity contribution is 6.05. The van der Waals surface area contributed by atoms with Gasteiger partial charge in [0.1, 0.15) is 23.1 Å². The lowest BCUT2D eigenvalue weighted by molar-refractivity contribution is -0.133. The first-order chi connectivity index (χ1) is 15.3. The molecule has 1 aromatic carbocycles. The summed E-state index contributed by atoms with van der Waals surface area (Å²) in [5.74, 6) is -0.515. The smallest absolute Gasteiger partial charge is 0.341 e. The lowest BCUT2D eigenvalue weighted by atomic mass is 10.0. The number of aryl methyl sites for hydroxylation is 1. The minimum absolute atomic E-state index is 0.0650. The number of amides is 3. The summed E-state index contributed by atoms with van der Waals surface area (Å²) in [5, 5.41) is 2.68. The Hall–Kier alpha value is -3.62. The number of benzene rings is 1. The predicted octanol–water partition coefficient (Wildman–Crippen LogP) is 1.81. The van der Waals surface area contributed by atoms with Gasteiger partial charge in [0.05, 0.1) is 20.2 Å². The van der Waals surface area contributed by atoms with Crippen LogP contribution in [-0.2, 0) is 20.9 Å². The van der Waals surface area contributed by atoms with E-state index in [4.69, 9.17) is 9.15 Å². The Morgan fingerprint density at radius 2 is 1.97 bits per heavy atom. The lowest BCUT2D eigenvalue weighted by Crippen LogP contribution is -2.44. The largest absolute Gasteiger partial charge is 0.465 e. The summed E-state index contributed by atoms with van der Waals surface area (Å²) < 4.78 is 10.2. The molecule has 9 nitrogen and oxygen atoms in total. The highest BCUT2D eigenvalue weighted by atomic mass is 16.5. The summed E-state index contributed by atoms with van der Waals surface area (Å²) in [6.45, 7) is 1.56. The molecule has 2 heterocycles. The Morgan fingerprint density at radius 1 is 1.25 bits per heavy atom. The van der Waals surface area contributed by atoms with E-state index in [0.29, 0.717) is 28.2 Å². The molecule has 1 aliphatic carbocycles. The first-order valence-electron chi connectivity index (χ1n) is 10.4. The maximum absolute atomic E-state index is 13.0. The molecular formula is C23H25N3O6. The van der Waals surface area contributed by atoms with Crippen molar-refractivity contribution in [1.29, 1.82) is 0 Å². The molecule has 1 atom stereocenters. The van der Waals surface area contributed by atoms with Crippen molar-refractivity contribution >= 4 is 23.7 Å². The van der Waals surface area contributed by atoms with Crippen LogP contribution < -0.4 is 5.32 Å². The third-order valence-electron chi connectivity index (χ3n) is 5.79. The van der Waals surface area contributed by atoms with E-state index in [1.54, 1.807) is 43.1 Å². The van der Waals surface area contributed by atoms with Gasteiger partial charge >= 0.3 is 5.97 Å². The number of methoxy groups -OCH3 is 1. The maximum atomic E-state index is 13.0. The van der Waals surface area contributed by atoms with Crippen LogP contribution in [0.4, 0.5) is 0 Å². The molecule has 0 radical (unpaired) electrons. The Labute approximate surface area is 185 Å². The van der Waals surface area contributed by atoms with Gasteiger partial charge in [0.2, 0.25) is 11.8 Å². The molecule has 1 aliphatic heterocycles. The lowest BCUT2D eigenvalue weighted by Gasteiger charge is -2.25. The topological polar surface area (TPSA) is 109 Å². The van der Waals surface area contributed by atoms with Crippen LogP contribution in [0.15, 0.2) is 34.7 Å². The highest BCUT2D eigenvalue weighted by Crippen LogP contribution is 2.41. The second-order valence-corrected chi connectivity index (χ2v) is 8.08. The molecule has 1 unspecified atom stereocenters. The number of ether oxygens (including phenoxy) is 1. The summed E-state index contributed by atoms with van der Waals surface area (Å²) in [5.41, 5.74) is 1.52. The Bertz CT molecular complexity index is 1090. The molecule has 3 amide bonds. The van der Waals surface area contributed by atoms with Crippen LogP contribution in [0.25, 0.3) is 0 Å². The number of carbonyl (C=O) groups excluding carboxylic acids is 4. The minimum atomic E-state index is -0.723. The van der Waals surface area contributed by atoms with Crippen molar-refractivity contribution in [3.05, 3.63) is 58.5 Å². The SMILES string of the molecule is COC(=O)c1cc(CN(C)C(=O)CNC(=O)C2c3ccccc3C(=O)N2C2CC2)oc1C. The van der Waals surface area contributed by atoms with Crippen LogP contribution in [-0.4, -0.2) is 60.2 Å². The number of hydrogen-bond acceptors (Lipinski definition) is 6. The molecule has 0 saturated heterocycles. The number of fused-ring (bicyclic) bond motifs is 1. The van der Waals surface area contributed by atoms with Crippen LogP contribution in [0.3, 0.4) is 0 Å². The van der Waals surface area contributed by atoms with Crippen LogP contribution in [0.5, 0.6) is 0 Å². The van der Waals surface area contributed by atoms with E-state index in [1.165, 1.54) is 18.1 Å². The zero-order chi connectivity index (χ0) is 23.0. The fraction of sp³-hybridized carbons (Fsp3) is 0.391. The van der Waals surface area contributed by atoms with Crippen molar-refractivity contribution in [2.24, 2.45) is 0 Å². The fourth-order valence-electron chi connectivity index (χ4n) is 3.98. The number of nitrogens with one attached hydrogen (secondary N) is 1. The van der Waals surface area contributed by atoms with E-state index in [2.05, 4.69) is 5.32 Å². The van der Waals surface area contributed by atoms with Gasteiger partial charge < -0.3 is 24.3 Å². The molecule has 0 spiro atoms. The Kier molecular flexibility index (Phi) is 5.73. The van der Waals surface area contributed by atoms with Crippen LogP contribution in [0.2, 0.25) is 0 Å². The van der Waals surface area contributed by atoms with Gasteiger partial charge in [-0.25, -0.2) is 4.79 Å². The van der Waals surface area contributed by atoms with Crippen molar-refractivity contribution in [2.45, 2.75) is 38.4 Å². The number of likely N-dealkylation sites (N-methyl/N-ethyl adjacent to an activating group) is 1. The first kappa shape index (κ1) is 21.6. The van der Waals surface area contributed by atoms with Gasteiger partial charge in [0, 0.05) is 18.7 Å². The molecule has 2 aromatic rings. The van der Waals surface area contributed by atoms with E-state index in [1.807, 2.05) is 0 Å². The standard InChI is InChI=1S/C23H25N3O6/c1-13-18(23(30)31-3)10-15(32-13)12-25(2)19(27)11-24-21(28)20-16-6-4-5-7-17(16)22(29)26(20)14-8-9-14/h4-7,10,14,20H,8-9,11-12H2,1-3H3,(H,24,28). The van der Waals surface area contributed by atoms with Gasteiger partial charge in [-0.1, -0.05) is 18.2 Å². The van der Waals surface area contributed by atoms with Gasteiger partial charge in [-0.2, -0.15) is 0 Å².